The molecule has 0 amide bonds. The predicted molar refractivity (Wildman–Crippen MR) is 51.8 cm³/mol. The van der Waals surface area contributed by atoms with Crippen LogP contribution >= 0.6 is 0 Å². The van der Waals surface area contributed by atoms with Crippen LogP contribution in [-0.4, -0.2) is 31.1 Å². The molecule has 0 atom stereocenters. The summed E-state index contributed by atoms with van der Waals surface area (Å²) in [6.45, 7) is 0.924. The number of carbonyl (C=O) groups excluding carboxylic acids is 1. The Morgan fingerprint density at radius 3 is 2.75 bits per heavy atom. The van der Waals surface area contributed by atoms with Crippen molar-refractivity contribution >= 4 is 5.97 Å². The Labute approximate surface area is 91.2 Å². The van der Waals surface area contributed by atoms with E-state index in [0.717, 1.165) is 0 Å². The lowest BCUT2D eigenvalue weighted by molar-refractivity contribution is 0.0598. The van der Waals surface area contributed by atoms with Crippen molar-refractivity contribution in [2.45, 2.75) is 13.3 Å². The van der Waals surface area contributed by atoms with E-state index in [4.69, 9.17) is 4.74 Å². The third-order valence-corrected chi connectivity index (χ3v) is 1.85. The third kappa shape index (κ3) is 3.15. The first-order valence-corrected chi connectivity index (χ1v) is 4.50. The molecule has 1 rings (SSSR count). The summed E-state index contributed by atoms with van der Waals surface area (Å²) in [5, 5.41) is 0. The van der Waals surface area contributed by atoms with E-state index in [9.17, 15) is 13.6 Å². The van der Waals surface area contributed by atoms with Gasteiger partial charge in [-0.25, -0.2) is 18.6 Å². The fourth-order valence-corrected chi connectivity index (χ4v) is 1.08. The van der Waals surface area contributed by atoms with Crippen LogP contribution in [0.2, 0.25) is 0 Å². The highest BCUT2D eigenvalue weighted by atomic mass is 19.3. The quantitative estimate of drug-likeness (QED) is 0.741. The highest BCUT2D eigenvalue weighted by Gasteiger charge is 2.11. The van der Waals surface area contributed by atoms with Crippen molar-refractivity contribution in [2.24, 2.45) is 0 Å². The number of hydrogen-bond acceptors (Lipinski definition) is 4. The molecule has 0 bridgehead atoms. The maximum Gasteiger partial charge on any atom is 0.339 e. The van der Waals surface area contributed by atoms with E-state index in [1.54, 1.807) is 6.92 Å². The first kappa shape index (κ1) is 12.4. The molecule has 88 valence electrons. The van der Waals surface area contributed by atoms with Crippen LogP contribution in [0.1, 0.15) is 15.9 Å². The SMILES string of the molecule is COC(=O)c1cnc(OCC(F)F)cc1C. The van der Waals surface area contributed by atoms with E-state index in [1.165, 1.54) is 19.4 Å². The van der Waals surface area contributed by atoms with Gasteiger partial charge >= 0.3 is 5.97 Å². The molecule has 0 aliphatic rings. The molecule has 1 aromatic rings. The number of pyridine rings is 1. The van der Waals surface area contributed by atoms with E-state index in [1.807, 2.05) is 0 Å². The van der Waals surface area contributed by atoms with Crippen LogP contribution < -0.4 is 4.74 Å². The molecule has 0 saturated carbocycles. The first-order chi connectivity index (χ1) is 7.54. The molecule has 1 aromatic heterocycles. The van der Waals surface area contributed by atoms with Gasteiger partial charge in [-0.1, -0.05) is 0 Å². The number of esters is 1. The number of halogens is 2. The van der Waals surface area contributed by atoms with E-state index in [0.29, 0.717) is 5.56 Å². The molecule has 16 heavy (non-hydrogen) atoms. The Balaban J connectivity index is 2.78. The molecular formula is C10H11F2NO3. The normalized spacial score (nSPS) is 10.3. The number of aromatic nitrogens is 1. The number of rotatable bonds is 4. The molecule has 0 aromatic carbocycles. The Morgan fingerprint density at radius 2 is 2.25 bits per heavy atom. The smallest absolute Gasteiger partial charge is 0.339 e. The molecular weight excluding hydrogens is 220 g/mol. The number of hydrogen-bond donors (Lipinski definition) is 0. The number of ether oxygens (including phenoxy) is 2. The zero-order valence-corrected chi connectivity index (χ0v) is 8.87. The van der Waals surface area contributed by atoms with Crippen LogP contribution in [0, 0.1) is 6.92 Å². The number of alkyl halides is 2. The summed E-state index contributed by atoms with van der Waals surface area (Å²) >= 11 is 0. The third-order valence-electron chi connectivity index (χ3n) is 1.85. The fraction of sp³-hybridized carbons (Fsp3) is 0.400. The van der Waals surface area contributed by atoms with Gasteiger partial charge in [0.2, 0.25) is 5.88 Å². The number of methoxy groups -OCH3 is 1. The Bertz CT molecular complexity index is 382. The van der Waals surface area contributed by atoms with Gasteiger partial charge in [0.25, 0.3) is 6.43 Å². The lowest BCUT2D eigenvalue weighted by atomic mass is 10.1. The van der Waals surface area contributed by atoms with E-state index in [-0.39, 0.29) is 11.4 Å². The van der Waals surface area contributed by atoms with Crippen molar-refractivity contribution in [2.75, 3.05) is 13.7 Å². The van der Waals surface area contributed by atoms with Crippen molar-refractivity contribution < 1.29 is 23.0 Å². The largest absolute Gasteiger partial charge is 0.472 e. The van der Waals surface area contributed by atoms with Gasteiger partial charge in [0.05, 0.1) is 12.7 Å². The second-order valence-corrected chi connectivity index (χ2v) is 3.03. The zero-order valence-electron chi connectivity index (χ0n) is 8.87. The molecule has 0 aliphatic carbocycles. The second kappa shape index (κ2) is 5.39. The fourth-order valence-electron chi connectivity index (χ4n) is 1.08. The molecule has 4 nitrogen and oxygen atoms in total. The van der Waals surface area contributed by atoms with E-state index >= 15 is 0 Å². The topological polar surface area (TPSA) is 48.4 Å². The average molecular weight is 231 g/mol. The number of aryl methyl sites for hydroxylation is 1. The molecule has 1 heterocycles. The predicted octanol–water partition coefficient (Wildman–Crippen LogP) is 1.82. The zero-order chi connectivity index (χ0) is 12.1. The van der Waals surface area contributed by atoms with Gasteiger partial charge in [-0.3, -0.25) is 0 Å². The highest BCUT2D eigenvalue weighted by molar-refractivity contribution is 5.90. The highest BCUT2D eigenvalue weighted by Crippen LogP contribution is 2.15. The molecule has 6 heteroatoms. The van der Waals surface area contributed by atoms with Crippen LogP contribution in [0.25, 0.3) is 0 Å². The Kier molecular flexibility index (Phi) is 4.16. The van der Waals surface area contributed by atoms with Crippen LogP contribution in [0.4, 0.5) is 8.78 Å². The van der Waals surface area contributed by atoms with Crippen molar-refractivity contribution in [3.8, 4) is 5.88 Å². The van der Waals surface area contributed by atoms with Gasteiger partial charge in [0.1, 0.15) is 0 Å². The number of nitrogens with zero attached hydrogens (tertiary/aromatic N) is 1. The van der Waals surface area contributed by atoms with Crippen molar-refractivity contribution in [1.29, 1.82) is 0 Å². The van der Waals surface area contributed by atoms with Gasteiger partial charge in [0.15, 0.2) is 6.61 Å². The summed E-state index contributed by atoms with van der Waals surface area (Å²) in [6, 6.07) is 1.41. The lowest BCUT2D eigenvalue weighted by Gasteiger charge is -2.07. The Hall–Kier alpha value is -1.72. The average Bonchev–Trinajstić information content (AvgIpc) is 2.25. The molecule has 0 fully saturated rings. The maximum absolute atomic E-state index is 11.9. The summed E-state index contributed by atoms with van der Waals surface area (Å²) < 4.78 is 32.9. The monoisotopic (exact) mass is 231 g/mol. The van der Waals surface area contributed by atoms with Gasteiger partial charge in [-0.05, 0) is 12.5 Å². The Morgan fingerprint density at radius 1 is 1.56 bits per heavy atom. The van der Waals surface area contributed by atoms with Crippen LogP contribution in [0.15, 0.2) is 12.3 Å². The summed E-state index contributed by atoms with van der Waals surface area (Å²) in [5.74, 6) is -0.462. The van der Waals surface area contributed by atoms with Crippen LogP contribution in [0.5, 0.6) is 5.88 Å². The minimum atomic E-state index is -2.55. The standard InChI is InChI=1S/C10H11F2NO3/c1-6-3-9(16-5-8(11)12)13-4-7(6)10(14)15-2/h3-4,8H,5H2,1-2H3. The van der Waals surface area contributed by atoms with E-state index in [2.05, 4.69) is 9.72 Å². The van der Waals surface area contributed by atoms with Crippen LogP contribution in [-0.2, 0) is 4.74 Å². The molecule has 0 saturated heterocycles. The molecule has 0 N–H and O–H groups in total. The number of carbonyl (C=O) groups is 1. The second-order valence-electron chi connectivity index (χ2n) is 3.03. The van der Waals surface area contributed by atoms with Gasteiger partial charge < -0.3 is 9.47 Å². The minimum absolute atomic E-state index is 0.0606. The maximum atomic E-state index is 11.9. The van der Waals surface area contributed by atoms with Crippen molar-refractivity contribution in [3.05, 3.63) is 23.4 Å². The molecule has 0 unspecified atom stereocenters. The van der Waals surface area contributed by atoms with Gasteiger partial charge in [0, 0.05) is 12.3 Å². The summed E-state index contributed by atoms with van der Waals surface area (Å²) in [7, 11) is 1.25. The molecule has 0 radical (unpaired) electrons. The van der Waals surface area contributed by atoms with Gasteiger partial charge in [-0.15, -0.1) is 0 Å². The van der Waals surface area contributed by atoms with Crippen molar-refractivity contribution in [1.82, 2.24) is 4.98 Å². The summed E-state index contributed by atoms with van der Waals surface area (Å²) in [5.41, 5.74) is 0.845. The van der Waals surface area contributed by atoms with E-state index < -0.39 is 19.0 Å². The van der Waals surface area contributed by atoms with Gasteiger partial charge in [-0.2, -0.15) is 0 Å². The van der Waals surface area contributed by atoms with Crippen LogP contribution in [0.3, 0.4) is 0 Å². The molecule has 0 spiro atoms. The summed E-state index contributed by atoms with van der Waals surface area (Å²) in [6.07, 6.45) is -1.32. The minimum Gasteiger partial charge on any atom is -0.472 e. The summed E-state index contributed by atoms with van der Waals surface area (Å²) in [4.78, 5) is 14.9. The molecule has 0 aliphatic heterocycles. The van der Waals surface area contributed by atoms with Crippen molar-refractivity contribution in [3.63, 3.8) is 0 Å². The first-order valence-electron chi connectivity index (χ1n) is 4.50. The lowest BCUT2D eigenvalue weighted by Crippen LogP contribution is -2.10.